The largest absolute Gasteiger partial charge is 0.400 e. The molecule has 0 aromatic rings. The highest BCUT2D eigenvalue weighted by atomic mass is 28.3. The van der Waals surface area contributed by atoms with Crippen molar-refractivity contribution < 1.29 is 8.85 Å². The number of hydrogen-bond donors (Lipinski definition) is 2. The van der Waals surface area contributed by atoms with E-state index in [4.69, 9.17) is 14.7 Å². The van der Waals surface area contributed by atoms with Crippen LogP contribution < -0.4 is 11.3 Å². The van der Waals surface area contributed by atoms with Crippen molar-refractivity contribution in [3.63, 3.8) is 0 Å². The second-order valence-electron chi connectivity index (χ2n) is 2.35. The Morgan fingerprint density at radius 2 is 1.91 bits per heavy atom. The highest BCUT2D eigenvalue weighted by Crippen LogP contribution is 2.01. The molecule has 68 valence electrons. The molecule has 0 aromatic heterocycles. The maximum absolute atomic E-state index is 5.14. The SMILES string of the molecule is CO[SiH](CCCCNN)OC. The second kappa shape index (κ2) is 8.16. The highest BCUT2D eigenvalue weighted by molar-refractivity contribution is 6.44. The number of nitrogens with two attached hydrogens (primary N) is 1. The Labute approximate surface area is 69.9 Å². The maximum Gasteiger partial charge on any atom is 0.320 e. The van der Waals surface area contributed by atoms with Gasteiger partial charge in [0.15, 0.2) is 0 Å². The predicted molar refractivity (Wildman–Crippen MR) is 47.4 cm³/mol. The third-order valence-electron chi connectivity index (χ3n) is 1.54. The van der Waals surface area contributed by atoms with Crippen molar-refractivity contribution in [3.05, 3.63) is 0 Å². The van der Waals surface area contributed by atoms with E-state index < -0.39 is 9.28 Å². The number of hydrogen-bond acceptors (Lipinski definition) is 4. The lowest BCUT2D eigenvalue weighted by Gasteiger charge is -2.09. The minimum atomic E-state index is -1.30. The Morgan fingerprint density at radius 3 is 2.36 bits per heavy atom. The Balaban J connectivity index is 3.07. The molecule has 0 amide bonds. The van der Waals surface area contributed by atoms with Crippen LogP contribution in [-0.2, 0) is 8.85 Å². The van der Waals surface area contributed by atoms with Gasteiger partial charge in [0, 0.05) is 20.8 Å². The number of nitrogens with one attached hydrogen (secondary N) is 1. The van der Waals surface area contributed by atoms with Crippen LogP contribution in [0.4, 0.5) is 0 Å². The molecule has 4 nitrogen and oxygen atoms in total. The number of unbranched alkanes of at least 4 members (excludes halogenated alkanes) is 1. The lowest BCUT2D eigenvalue weighted by atomic mass is 10.3. The summed E-state index contributed by atoms with van der Waals surface area (Å²) in [5.41, 5.74) is 2.61. The van der Waals surface area contributed by atoms with Crippen LogP contribution in [0.2, 0.25) is 6.04 Å². The third-order valence-corrected chi connectivity index (χ3v) is 3.47. The molecule has 0 heterocycles. The molecule has 0 aliphatic carbocycles. The van der Waals surface area contributed by atoms with Crippen molar-refractivity contribution >= 4 is 9.28 Å². The van der Waals surface area contributed by atoms with Gasteiger partial charge in [-0.05, 0) is 12.5 Å². The molecule has 0 bridgehead atoms. The third kappa shape index (κ3) is 6.45. The molecule has 5 heteroatoms. The second-order valence-corrected chi connectivity index (χ2v) is 4.73. The van der Waals surface area contributed by atoms with Crippen LogP contribution in [0.3, 0.4) is 0 Å². The Hall–Kier alpha value is 0.0569. The van der Waals surface area contributed by atoms with E-state index in [9.17, 15) is 0 Å². The zero-order valence-electron chi connectivity index (χ0n) is 7.30. The van der Waals surface area contributed by atoms with Crippen LogP contribution in [0, 0.1) is 0 Å². The summed E-state index contributed by atoms with van der Waals surface area (Å²) >= 11 is 0. The molecule has 0 saturated heterocycles. The van der Waals surface area contributed by atoms with Gasteiger partial charge in [0.25, 0.3) is 0 Å². The van der Waals surface area contributed by atoms with E-state index in [0.29, 0.717) is 0 Å². The van der Waals surface area contributed by atoms with E-state index in [-0.39, 0.29) is 0 Å². The van der Waals surface area contributed by atoms with Crippen LogP contribution in [0.15, 0.2) is 0 Å². The lowest BCUT2D eigenvalue weighted by molar-refractivity contribution is 0.276. The molecular formula is C6H18N2O2Si. The molecule has 0 aromatic carbocycles. The normalized spacial score (nSPS) is 10.9. The average Bonchev–Trinajstić information content (AvgIpc) is 2.05. The van der Waals surface area contributed by atoms with E-state index >= 15 is 0 Å². The summed E-state index contributed by atoms with van der Waals surface area (Å²) in [5, 5.41) is 0. The molecule has 0 saturated carbocycles. The lowest BCUT2D eigenvalue weighted by Crippen LogP contribution is -2.24. The first-order valence-corrected chi connectivity index (χ1v) is 5.60. The summed E-state index contributed by atoms with van der Waals surface area (Å²) in [4.78, 5) is 0. The van der Waals surface area contributed by atoms with Gasteiger partial charge in [0.1, 0.15) is 0 Å². The monoisotopic (exact) mass is 178 g/mol. The first kappa shape index (κ1) is 11.1. The topological polar surface area (TPSA) is 56.5 Å². The molecule has 0 rings (SSSR count). The van der Waals surface area contributed by atoms with Crippen molar-refractivity contribution in [2.24, 2.45) is 5.84 Å². The van der Waals surface area contributed by atoms with Crippen LogP contribution >= 0.6 is 0 Å². The molecule has 0 spiro atoms. The van der Waals surface area contributed by atoms with E-state index in [2.05, 4.69) is 5.43 Å². The Bertz CT molecular complexity index is 81.0. The van der Waals surface area contributed by atoms with Crippen molar-refractivity contribution in [2.45, 2.75) is 18.9 Å². The average molecular weight is 178 g/mol. The molecule has 0 aliphatic rings. The fourth-order valence-electron chi connectivity index (χ4n) is 0.870. The van der Waals surface area contributed by atoms with Crippen LogP contribution in [0.1, 0.15) is 12.8 Å². The van der Waals surface area contributed by atoms with Gasteiger partial charge in [0.2, 0.25) is 0 Å². The quantitative estimate of drug-likeness (QED) is 0.244. The van der Waals surface area contributed by atoms with Gasteiger partial charge in [-0.2, -0.15) is 0 Å². The minimum absolute atomic E-state index is 0.870. The van der Waals surface area contributed by atoms with Crippen LogP contribution in [0.5, 0.6) is 0 Å². The predicted octanol–water partition coefficient (Wildman–Crippen LogP) is -0.257. The Kier molecular flexibility index (Phi) is 8.20. The van der Waals surface area contributed by atoms with E-state index in [0.717, 1.165) is 25.4 Å². The molecular weight excluding hydrogens is 160 g/mol. The van der Waals surface area contributed by atoms with E-state index in [1.54, 1.807) is 14.2 Å². The zero-order valence-corrected chi connectivity index (χ0v) is 8.45. The van der Waals surface area contributed by atoms with E-state index in [1.807, 2.05) is 0 Å². The van der Waals surface area contributed by atoms with E-state index in [1.165, 1.54) is 0 Å². The molecule has 0 aliphatic heterocycles. The molecule has 0 radical (unpaired) electrons. The zero-order chi connectivity index (χ0) is 8.53. The summed E-state index contributed by atoms with van der Waals surface area (Å²) in [6.45, 7) is 0.870. The molecule has 0 atom stereocenters. The van der Waals surface area contributed by atoms with Gasteiger partial charge in [-0.15, -0.1) is 0 Å². The number of rotatable bonds is 7. The van der Waals surface area contributed by atoms with Gasteiger partial charge >= 0.3 is 9.28 Å². The summed E-state index contributed by atoms with van der Waals surface area (Å²) in [5.74, 6) is 5.11. The molecule has 11 heavy (non-hydrogen) atoms. The molecule has 3 N–H and O–H groups in total. The van der Waals surface area contributed by atoms with Crippen LogP contribution in [0.25, 0.3) is 0 Å². The minimum Gasteiger partial charge on any atom is -0.400 e. The van der Waals surface area contributed by atoms with Gasteiger partial charge in [-0.1, -0.05) is 6.42 Å². The summed E-state index contributed by atoms with van der Waals surface area (Å²) in [7, 11) is 2.12. The van der Waals surface area contributed by atoms with Crippen molar-refractivity contribution in [3.8, 4) is 0 Å². The van der Waals surface area contributed by atoms with Crippen molar-refractivity contribution in [1.29, 1.82) is 0 Å². The fourth-order valence-corrected chi connectivity index (χ4v) is 2.16. The summed E-state index contributed by atoms with van der Waals surface area (Å²) in [6, 6.07) is 1.06. The van der Waals surface area contributed by atoms with Gasteiger partial charge in [-0.25, -0.2) is 0 Å². The van der Waals surface area contributed by atoms with Gasteiger partial charge < -0.3 is 8.85 Å². The maximum atomic E-state index is 5.14. The number of hydrazine groups is 1. The van der Waals surface area contributed by atoms with Crippen LogP contribution in [-0.4, -0.2) is 30.0 Å². The highest BCUT2D eigenvalue weighted by Gasteiger charge is 2.07. The first-order chi connectivity index (χ1) is 5.35. The molecule has 0 fully saturated rings. The standard InChI is InChI=1S/C6H18N2O2Si/c1-9-11(10-2)6-4-3-5-8-7/h8,11H,3-7H2,1-2H3. The molecule has 0 unspecified atom stereocenters. The summed E-state index contributed by atoms with van der Waals surface area (Å²) in [6.07, 6.45) is 2.22. The van der Waals surface area contributed by atoms with Gasteiger partial charge in [0.05, 0.1) is 0 Å². The Morgan fingerprint density at radius 1 is 1.27 bits per heavy atom. The first-order valence-electron chi connectivity index (χ1n) is 3.84. The van der Waals surface area contributed by atoms with Crippen molar-refractivity contribution in [2.75, 3.05) is 20.8 Å². The smallest absolute Gasteiger partial charge is 0.320 e. The van der Waals surface area contributed by atoms with Gasteiger partial charge in [-0.3, -0.25) is 11.3 Å². The fraction of sp³-hybridized carbons (Fsp3) is 1.00. The summed E-state index contributed by atoms with van der Waals surface area (Å²) < 4.78 is 10.3. The van der Waals surface area contributed by atoms with Crippen molar-refractivity contribution in [1.82, 2.24) is 5.43 Å².